The van der Waals surface area contributed by atoms with E-state index < -0.39 is 6.17 Å². The Morgan fingerprint density at radius 3 is 2.02 bits per heavy atom. The zero-order valence-electron chi connectivity index (χ0n) is 29.9. The van der Waals surface area contributed by atoms with E-state index in [2.05, 4.69) is 15.8 Å². The van der Waals surface area contributed by atoms with Gasteiger partial charge in [0.25, 0.3) is 5.91 Å². The number of hydrogen-bond donors (Lipinski definition) is 2. The van der Waals surface area contributed by atoms with Crippen molar-refractivity contribution in [1.29, 1.82) is 0 Å². The molecule has 272 valence electrons. The molecule has 1 amide bonds. The SMILES string of the molecule is COc1ccc2c(c1)C(=O)NC(c1ccc(OCCCCOc3cccc(-c4cc(-c5cc(OC)c(OC)c(OC)c5)on4)c3OC)c(OC)c1)N2. The molecule has 0 radical (unpaired) electrons. The summed E-state index contributed by atoms with van der Waals surface area (Å²) in [6, 6.07) is 22.0. The molecular formula is C39H41N3O10. The smallest absolute Gasteiger partial charge is 0.255 e. The summed E-state index contributed by atoms with van der Waals surface area (Å²) in [5.74, 6) is 4.72. The predicted molar refractivity (Wildman–Crippen MR) is 194 cm³/mol. The maximum absolute atomic E-state index is 12.8. The summed E-state index contributed by atoms with van der Waals surface area (Å²) in [5, 5.41) is 10.6. The van der Waals surface area contributed by atoms with Crippen molar-refractivity contribution >= 4 is 11.6 Å². The van der Waals surface area contributed by atoms with Crippen molar-refractivity contribution in [2.24, 2.45) is 0 Å². The lowest BCUT2D eigenvalue weighted by Gasteiger charge is -2.28. The van der Waals surface area contributed by atoms with Gasteiger partial charge in [0.2, 0.25) is 5.75 Å². The Labute approximate surface area is 301 Å². The van der Waals surface area contributed by atoms with Gasteiger partial charge < -0.3 is 53.1 Å². The second kappa shape index (κ2) is 16.2. The van der Waals surface area contributed by atoms with Crippen molar-refractivity contribution in [3.63, 3.8) is 0 Å². The molecule has 0 aliphatic carbocycles. The van der Waals surface area contributed by atoms with E-state index >= 15 is 0 Å². The lowest BCUT2D eigenvalue weighted by Crippen LogP contribution is -2.38. The molecule has 1 unspecified atom stereocenters. The second-order valence-corrected chi connectivity index (χ2v) is 11.6. The fourth-order valence-corrected chi connectivity index (χ4v) is 5.89. The summed E-state index contributed by atoms with van der Waals surface area (Å²) in [6.45, 7) is 0.891. The van der Waals surface area contributed by atoms with Crippen LogP contribution >= 0.6 is 0 Å². The highest BCUT2D eigenvalue weighted by atomic mass is 16.5. The largest absolute Gasteiger partial charge is 0.497 e. The third kappa shape index (κ3) is 7.43. The number of benzene rings is 4. The van der Waals surface area contributed by atoms with Crippen LogP contribution < -0.4 is 48.5 Å². The number of fused-ring (bicyclic) bond motifs is 1. The van der Waals surface area contributed by atoms with Crippen molar-refractivity contribution in [2.75, 3.05) is 61.2 Å². The molecule has 1 aliphatic rings. The van der Waals surface area contributed by atoms with Crippen molar-refractivity contribution in [2.45, 2.75) is 19.0 Å². The molecule has 52 heavy (non-hydrogen) atoms. The number of aromatic nitrogens is 1. The van der Waals surface area contributed by atoms with E-state index in [4.69, 9.17) is 42.4 Å². The van der Waals surface area contributed by atoms with Crippen molar-refractivity contribution in [1.82, 2.24) is 10.5 Å². The Morgan fingerprint density at radius 2 is 1.35 bits per heavy atom. The van der Waals surface area contributed by atoms with Gasteiger partial charge in [-0.2, -0.15) is 0 Å². The van der Waals surface area contributed by atoms with E-state index in [0.29, 0.717) is 87.4 Å². The molecule has 13 heteroatoms. The summed E-state index contributed by atoms with van der Waals surface area (Å²) in [4.78, 5) is 12.8. The number of hydrogen-bond acceptors (Lipinski definition) is 12. The number of amides is 1. The highest BCUT2D eigenvalue weighted by Crippen LogP contribution is 2.43. The average Bonchev–Trinajstić information content (AvgIpc) is 3.68. The van der Waals surface area contributed by atoms with Gasteiger partial charge in [0.1, 0.15) is 17.6 Å². The van der Waals surface area contributed by atoms with E-state index in [1.54, 1.807) is 60.9 Å². The van der Waals surface area contributed by atoms with Gasteiger partial charge in [-0.1, -0.05) is 17.3 Å². The minimum atomic E-state index is -0.433. The van der Waals surface area contributed by atoms with Crippen LogP contribution in [0.3, 0.4) is 0 Å². The maximum Gasteiger partial charge on any atom is 0.255 e. The van der Waals surface area contributed by atoms with Crippen LogP contribution in [0.15, 0.2) is 77.3 Å². The number of unbranched alkanes of at least 4 members (excludes halogenated alkanes) is 1. The third-order valence-electron chi connectivity index (χ3n) is 8.54. The molecule has 2 N–H and O–H groups in total. The van der Waals surface area contributed by atoms with Gasteiger partial charge in [0.15, 0.2) is 40.3 Å². The Bertz CT molecular complexity index is 2000. The van der Waals surface area contributed by atoms with E-state index in [1.807, 2.05) is 54.6 Å². The summed E-state index contributed by atoms with van der Waals surface area (Å²) in [7, 11) is 9.41. The predicted octanol–water partition coefficient (Wildman–Crippen LogP) is 7.15. The van der Waals surface area contributed by atoms with Crippen molar-refractivity contribution in [3.05, 3.63) is 83.9 Å². The Kier molecular flexibility index (Phi) is 11.1. The van der Waals surface area contributed by atoms with Crippen LogP contribution in [-0.4, -0.2) is 66.9 Å². The number of anilines is 1. The lowest BCUT2D eigenvalue weighted by atomic mass is 10.0. The monoisotopic (exact) mass is 711 g/mol. The first kappa shape index (κ1) is 35.6. The number of nitrogens with one attached hydrogen (secondary N) is 2. The van der Waals surface area contributed by atoms with Gasteiger partial charge >= 0.3 is 0 Å². The first-order chi connectivity index (χ1) is 25.4. The number of rotatable bonds is 16. The van der Waals surface area contributed by atoms with Crippen LogP contribution in [0.2, 0.25) is 0 Å². The highest BCUT2D eigenvalue weighted by Gasteiger charge is 2.26. The Morgan fingerprint density at radius 1 is 0.635 bits per heavy atom. The minimum Gasteiger partial charge on any atom is -0.497 e. The quantitative estimate of drug-likeness (QED) is 0.100. The van der Waals surface area contributed by atoms with Crippen LogP contribution in [0.25, 0.3) is 22.6 Å². The van der Waals surface area contributed by atoms with E-state index in [1.165, 1.54) is 0 Å². The number of carbonyl (C=O) groups is 1. The number of nitrogens with zero attached hydrogens (tertiary/aromatic N) is 1. The first-order valence-corrected chi connectivity index (χ1v) is 16.5. The molecule has 13 nitrogen and oxygen atoms in total. The van der Waals surface area contributed by atoms with Crippen LogP contribution in [-0.2, 0) is 0 Å². The number of methoxy groups -OCH3 is 6. The zero-order valence-corrected chi connectivity index (χ0v) is 29.9. The third-order valence-corrected chi connectivity index (χ3v) is 8.54. The van der Waals surface area contributed by atoms with E-state index in [0.717, 1.165) is 24.1 Å². The van der Waals surface area contributed by atoms with Gasteiger partial charge in [0, 0.05) is 22.9 Å². The number of para-hydroxylation sites is 1. The summed E-state index contributed by atoms with van der Waals surface area (Å²) >= 11 is 0. The topological polar surface area (TPSA) is 141 Å². The molecule has 1 aromatic heterocycles. The fourth-order valence-electron chi connectivity index (χ4n) is 5.89. The maximum atomic E-state index is 12.8. The number of ether oxygens (including phenoxy) is 8. The number of carbonyl (C=O) groups excluding carboxylic acids is 1. The average molecular weight is 712 g/mol. The normalized spacial score (nSPS) is 13.3. The highest BCUT2D eigenvalue weighted by molar-refractivity contribution is 6.02. The summed E-state index contributed by atoms with van der Waals surface area (Å²) in [5.41, 5.74) is 4.07. The molecule has 5 aromatic rings. The molecule has 0 fully saturated rings. The molecule has 0 saturated heterocycles. The first-order valence-electron chi connectivity index (χ1n) is 16.5. The Balaban J connectivity index is 1.04. The summed E-state index contributed by atoms with van der Waals surface area (Å²) in [6.07, 6.45) is 1.03. The van der Waals surface area contributed by atoms with Crippen LogP contribution in [0, 0.1) is 0 Å². The van der Waals surface area contributed by atoms with Crippen molar-refractivity contribution < 1.29 is 47.2 Å². The van der Waals surface area contributed by atoms with Gasteiger partial charge in [0.05, 0.1) is 61.4 Å². The summed E-state index contributed by atoms with van der Waals surface area (Å²) < 4.78 is 51.0. The minimum absolute atomic E-state index is 0.191. The molecule has 4 aromatic carbocycles. The van der Waals surface area contributed by atoms with E-state index in [9.17, 15) is 4.79 Å². The molecule has 2 heterocycles. The van der Waals surface area contributed by atoms with Gasteiger partial charge in [-0.15, -0.1) is 0 Å². The second-order valence-electron chi connectivity index (χ2n) is 11.6. The molecule has 6 rings (SSSR count). The molecule has 1 aliphatic heterocycles. The molecule has 1 atom stereocenters. The molecule has 0 bridgehead atoms. The molecular weight excluding hydrogens is 670 g/mol. The van der Waals surface area contributed by atoms with Gasteiger partial charge in [-0.3, -0.25) is 4.79 Å². The van der Waals surface area contributed by atoms with Crippen molar-refractivity contribution in [3.8, 4) is 68.6 Å². The van der Waals surface area contributed by atoms with Gasteiger partial charge in [-0.25, -0.2) is 0 Å². The van der Waals surface area contributed by atoms with Gasteiger partial charge in [-0.05, 0) is 73.0 Å². The molecule has 0 saturated carbocycles. The lowest BCUT2D eigenvalue weighted by molar-refractivity contribution is 0.0935. The van der Waals surface area contributed by atoms with Crippen LogP contribution in [0.5, 0.6) is 46.0 Å². The Hall–Kier alpha value is -6.24. The standard InChI is InChI=1S/C39H41N3O10/c1-44-25-13-14-28-27(21-25)39(43)41-38(40-28)23-12-15-30(33(18-23)45-2)50-16-7-8-17-51-31-11-9-10-26(36(31)48-5)29-22-32(52-42-29)24-19-34(46-3)37(49-6)35(20-24)47-4/h9-15,18-22,38,40H,7-8,16-17H2,1-6H3,(H,41,43). The zero-order chi connectivity index (χ0) is 36.6. The van der Waals surface area contributed by atoms with E-state index in [-0.39, 0.29) is 5.91 Å². The molecule has 0 spiro atoms. The fraction of sp³-hybridized carbons (Fsp3) is 0.282. The van der Waals surface area contributed by atoms with Crippen LogP contribution in [0.4, 0.5) is 5.69 Å². The van der Waals surface area contributed by atoms with Crippen LogP contribution in [0.1, 0.15) is 34.9 Å².